The first-order valence-electron chi connectivity index (χ1n) is 8.86. The van der Waals surface area contributed by atoms with Crippen molar-refractivity contribution in [1.82, 2.24) is 0 Å². The van der Waals surface area contributed by atoms with Crippen LogP contribution in [0, 0.1) is 11.3 Å². The Morgan fingerprint density at radius 3 is 2.11 bits per heavy atom. The van der Waals surface area contributed by atoms with Crippen LogP contribution in [0.25, 0.3) is 0 Å². The van der Waals surface area contributed by atoms with Crippen LogP contribution in [0.1, 0.15) is 42.3 Å². The van der Waals surface area contributed by atoms with Gasteiger partial charge in [-0.3, -0.25) is 0 Å². The second kappa shape index (κ2) is 10.1. The number of carbonyl (C=O) groups excluding carboxylic acids is 1. The number of benzene rings is 2. The molecule has 0 atom stereocenters. The van der Waals surface area contributed by atoms with E-state index in [-0.39, 0.29) is 6.61 Å². The minimum atomic E-state index is -0.535. The highest BCUT2D eigenvalue weighted by molar-refractivity contribution is 5.91. The molecular formula is C21H23NO5. The maximum absolute atomic E-state index is 12.5. The summed E-state index contributed by atoms with van der Waals surface area (Å²) in [4.78, 5) is 12.5. The number of nitriles is 1. The lowest BCUT2D eigenvalue weighted by Gasteiger charge is -2.17. The van der Waals surface area contributed by atoms with Crippen molar-refractivity contribution in [2.75, 3.05) is 19.8 Å². The Hall–Kier alpha value is -3.20. The summed E-state index contributed by atoms with van der Waals surface area (Å²) in [6, 6.07) is 12.2. The van der Waals surface area contributed by atoms with Crippen molar-refractivity contribution in [3.63, 3.8) is 0 Å². The molecular weight excluding hydrogens is 346 g/mol. The summed E-state index contributed by atoms with van der Waals surface area (Å²) in [6.07, 6.45) is 0. The van der Waals surface area contributed by atoms with E-state index in [9.17, 15) is 4.79 Å². The highest BCUT2D eigenvalue weighted by atomic mass is 16.5. The standard InChI is InChI=1S/C21H23NO5/c1-4-24-18-11-17(12-19(25-5-2)20(18)26-6-3)21(23)27-14-16-10-8-7-9-15(16)13-22/h7-12H,4-6,14H2,1-3H3. The molecule has 0 radical (unpaired) electrons. The van der Waals surface area contributed by atoms with Gasteiger partial charge in [-0.1, -0.05) is 18.2 Å². The van der Waals surface area contributed by atoms with Crippen LogP contribution < -0.4 is 14.2 Å². The Bertz CT molecular complexity index is 799. The van der Waals surface area contributed by atoms with Crippen LogP contribution in [0.15, 0.2) is 36.4 Å². The molecule has 0 N–H and O–H groups in total. The maximum Gasteiger partial charge on any atom is 0.338 e. The van der Waals surface area contributed by atoms with Gasteiger partial charge in [-0.15, -0.1) is 0 Å². The molecule has 0 saturated heterocycles. The van der Waals surface area contributed by atoms with Gasteiger partial charge >= 0.3 is 5.97 Å². The second-order valence-corrected chi connectivity index (χ2v) is 5.45. The van der Waals surface area contributed by atoms with E-state index in [2.05, 4.69) is 6.07 Å². The van der Waals surface area contributed by atoms with Crippen LogP contribution in [0.5, 0.6) is 17.2 Å². The molecule has 2 aromatic carbocycles. The molecule has 6 heteroatoms. The Kier molecular flexibility index (Phi) is 7.50. The third-order valence-corrected chi connectivity index (χ3v) is 3.64. The lowest BCUT2D eigenvalue weighted by atomic mass is 10.1. The van der Waals surface area contributed by atoms with Gasteiger partial charge in [-0.25, -0.2) is 4.79 Å². The summed E-state index contributed by atoms with van der Waals surface area (Å²) < 4.78 is 22.2. The number of esters is 1. The highest BCUT2D eigenvalue weighted by Crippen LogP contribution is 2.39. The molecule has 2 rings (SSSR count). The van der Waals surface area contributed by atoms with E-state index in [1.807, 2.05) is 20.8 Å². The van der Waals surface area contributed by atoms with Gasteiger partial charge in [0.15, 0.2) is 11.5 Å². The molecule has 0 bridgehead atoms. The van der Waals surface area contributed by atoms with Gasteiger partial charge in [0.2, 0.25) is 5.75 Å². The van der Waals surface area contributed by atoms with E-state index in [1.165, 1.54) is 0 Å². The summed E-state index contributed by atoms with van der Waals surface area (Å²) in [5, 5.41) is 9.14. The summed E-state index contributed by atoms with van der Waals surface area (Å²) in [5.74, 6) is 0.782. The van der Waals surface area contributed by atoms with E-state index < -0.39 is 5.97 Å². The molecule has 0 spiro atoms. The minimum absolute atomic E-state index is 0.00369. The Balaban J connectivity index is 2.27. The Morgan fingerprint density at radius 2 is 1.56 bits per heavy atom. The summed E-state index contributed by atoms with van der Waals surface area (Å²) in [7, 11) is 0. The summed E-state index contributed by atoms with van der Waals surface area (Å²) in [6.45, 7) is 6.83. The Labute approximate surface area is 159 Å². The van der Waals surface area contributed by atoms with Gasteiger partial charge in [-0.05, 0) is 39.0 Å². The number of hydrogen-bond acceptors (Lipinski definition) is 6. The zero-order chi connectivity index (χ0) is 19.6. The molecule has 6 nitrogen and oxygen atoms in total. The minimum Gasteiger partial charge on any atom is -0.490 e. The van der Waals surface area contributed by atoms with Crippen LogP contribution >= 0.6 is 0 Å². The Morgan fingerprint density at radius 1 is 0.963 bits per heavy atom. The van der Waals surface area contributed by atoms with Gasteiger partial charge in [0.05, 0.1) is 37.0 Å². The van der Waals surface area contributed by atoms with Crippen molar-refractivity contribution >= 4 is 5.97 Å². The molecule has 0 aliphatic rings. The zero-order valence-corrected chi connectivity index (χ0v) is 15.8. The molecule has 2 aromatic rings. The highest BCUT2D eigenvalue weighted by Gasteiger charge is 2.19. The van der Waals surface area contributed by atoms with E-state index in [0.717, 1.165) is 0 Å². The largest absolute Gasteiger partial charge is 0.490 e. The normalized spacial score (nSPS) is 10.0. The van der Waals surface area contributed by atoms with Crippen molar-refractivity contribution in [2.45, 2.75) is 27.4 Å². The lowest BCUT2D eigenvalue weighted by Crippen LogP contribution is -2.09. The first-order valence-corrected chi connectivity index (χ1v) is 8.86. The quantitative estimate of drug-likeness (QED) is 0.619. The molecule has 0 heterocycles. The number of hydrogen-bond donors (Lipinski definition) is 0. The van der Waals surface area contributed by atoms with Crippen molar-refractivity contribution in [3.8, 4) is 23.3 Å². The number of carbonyl (C=O) groups is 1. The average Bonchev–Trinajstić information content (AvgIpc) is 2.68. The van der Waals surface area contributed by atoms with E-state index in [4.69, 9.17) is 24.2 Å². The topological polar surface area (TPSA) is 77.8 Å². The van der Waals surface area contributed by atoms with Gasteiger partial charge < -0.3 is 18.9 Å². The van der Waals surface area contributed by atoms with Gasteiger partial charge in [-0.2, -0.15) is 5.26 Å². The molecule has 0 amide bonds. The molecule has 0 aliphatic carbocycles. The predicted molar refractivity (Wildman–Crippen MR) is 100 cm³/mol. The van der Waals surface area contributed by atoms with Crippen LogP contribution in [0.3, 0.4) is 0 Å². The number of ether oxygens (including phenoxy) is 4. The summed E-state index contributed by atoms with van der Waals surface area (Å²) in [5.41, 5.74) is 1.41. The molecule has 27 heavy (non-hydrogen) atoms. The third kappa shape index (κ3) is 5.14. The van der Waals surface area contributed by atoms with E-state index in [1.54, 1.807) is 36.4 Å². The van der Waals surface area contributed by atoms with Crippen molar-refractivity contribution in [2.24, 2.45) is 0 Å². The fourth-order valence-electron chi connectivity index (χ4n) is 2.49. The van der Waals surface area contributed by atoms with Gasteiger partial charge in [0.1, 0.15) is 6.61 Å². The zero-order valence-electron chi connectivity index (χ0n) is 15.8. The van der Waals surface area contributed by atoms with Crippen LogP contribution in [0.2, 0.25) is 0 Å². The first kappa shape index (κ1) is 20.1. The SMILES string of the molecule is CCOc1cc(C(=O)OCc2ccccc2C#N)cc(OCC)c1OCC. The van der Waals surface area contributed by atoms with Gasteiger partial charge in [0.25, 0.3) is 0 Å². The monoisotopic (exact) mass is 369 g/mol. The lowest BCUT2D eigenvalue weighted by molar-refractivity contribution is 0.0471. The number of rotatable bonds is 9. The molecule has 0 saturated carbocycles. The van der Waals surface area contributed by atoms with Crippen LogP contribution in [-0.2, 0) is 11.3 Å². The third-order valence-electron chi connectivity index (χ3n) is 3.64. The van der Waals surface area contributed by atoms with Crippen LogP contribution in [0.4, 0.5) is 0 Å². The van der Waals surface area contributed by atoms with Gasteiger partial charge in [0, 0.05) is 5.56 Å². The fourth-order valence-corrected chi connectivity index (χ4v) is 2.49. The van der Waals surface area contributed by atoms with Crippen LogP contribution in [-0.4, -0.2) is 25.8 Å². The smallest absolute Gasteiger partial charge is 0.338 e. The first-order chi connectivity index (χ1) is 13.1. The molecule has 0 unspecified atom stereocenters. The van der Waals surface area contributed by atoms with E-state index >= 15 is 0 Å². The number of nitrogens with zero attached hydrogens (tertiary/aromatic N) is 1. The van der Waals surface area contributed by atoms with Crippen molar-refractivity contribution < 1.29 is 23.7 Å². The molecule has 0 aromatic heterocycles. The molecule has 0 aliphatic heterocycles. The predicted octanol–water partition coefficient (Wildman–Crippen LogP) is 4.11. The fraction of sp³-hybridized carbons (Fsp3) is 0.333. The van der Waals surface area contributed by atoms with Crippen molar-refractivity contribution in [1.29, 1.82) is 5.26 Å². The molecule has 0 fully saturated rings. The summed E-state index contributed by atoms with van der Waals surface area (Å²) >= 11 is 0. The van der Waals surface area contributed by atoms with Crippen molar-refractivity contribution in [3.05, 3.63) is 53.1 Å². The van der Waals surface area contributed by atoms with E-state index in [0.29, 0.717) is 53.8 Å². The average molecular weight is 369 g/mol. The second-order valence-electron chi connectivity index (χ2n) is 5.45. The maximum atomic E-state index is 12.5. The molecule has 142 valence electrons.